The van der Waals surface area contributed by atoms with Crippen molar-refractivity contribution in [1.29, 1.82) is 0 Å². The van der Waals surface area contributed by atoms with Gasteiger partial charge in [0.25, 0.3) is 0 Å². The van der Waals surface area contributed by atoms with Crippen molar-refractivity contribution >= 4 is 27.3 Å². The summed E-state index contributed by atoms with van der Waals surface area (Å²) < 4.78 is 38.8. The van der Waals surface area contributed by atoms with Crippen LogP contribution in [0.4, 0.5) is 15.8 Å². The van der Waals surface area contributed by atoms with Gasteiger partial charge in [0.2, 0.25) is 15.9 Å². The average molecular weight is 329 g/mol. The summed E-state index contributed by atoms with van der Waals surface area (Å²) in [6.07, 6.45) is 1.51. The number of benzene rings is 1. The van der Waals surface area contributed by atoms with Crippen molar-refractivity contribution in [1.82, 2.24) is 5.32 Å². The van der Waals surface area contributed by atoms with Crippen molar-refractivity contribution in [3.05, 3.63) is 24.0 Å². The molecular weight excluding hydrogens is 309 g/mol. The van der Waals surface area contributed by atoms with Gasteiger partial charge in [-0.1, -0.05) is 0 Å². The molecule has 1 aliphatic heterocycles. The van der Waals surface area contributed by atoms with E-state index in [0.717, 1.165) is 10.8 Å². The molecule has 1 heterocycles. The zero-order valence-electron chi connectivity index (χ0n) is 12.4. The van der Waals surface area contributed by atoms with Crippen molar-refractivity contribution < 1.29 is 17.6 Å². The topological polar surface area (TPSA) is 78.5 Å². The molecule has 0 radical (unpaired) electrons. The predicted octanol–water partition coefficient (Wildman–Crippen LogP) is 1.30. The summed E-state index contributed by atoms with van der Waals surface area (Å²) in [5.74, 6) is -0.775. The van der Waals surface area contributed by atoms with Gasteiger partial charge in [-0.05, 0) is 44.6 Å². The second-order valence-electron chi connectivity index (χ2n) is 5.16. The molecule has 2 N–H and O–H groups in total. The van der Waals surface area contributed by atoms with E-state index in [0.29, 0.717) is 24.9 Å². The van der Waals surface area contributed by atoms with Crippen LogP contribution in [0.25, 0.3) is 0 Å². The molecule has 122 valence electrons. The summed E-state index contributed by atoms with van der Waals surface area (Å²) >= 11 is 0. The first kappa shape index (κ1) is 16.7. The zero-order valence-corrected chi connectivity index (χ0v) is 13.2. The minimum atomic E-state index is -3.45. The lowest BCUT2D eigenvalue weighted by Gasteiger charge is -2.18. The van der Waals surface area contributed by atoms with Gasteiger partial charge in [0.1, 0.15) is 5.82 Å². The van der Waals surface area contributed by atoms with Gasteiger partial charge in [0.05, 0.1) is 11.4 Å². The molecule has 6 nitrogen and oxygen atoms in total. The first-order valence-corrected chi connectivity index (χ1v) is 8.79. The fourth-order valence-corrected chi connectivity index (χ4v) is 3.90. The molecule has 0 aromatic heterocycles. The van der Waals surface area contributed by atoms with Crippen LogP contribution < -0.4 is 14.9 Å². The molecule has 2 rings (SSSR count). The second kappa shape index (κ2) is 7.06. The highest BCUT2D eigenvalue weighted by molar-refractivity contribution is 7.93. The van der Waals surface area contributed by atoms with Gasteiger partial charge < -0.3 is 10.6 Å². The SMILES string of the molecule is CNCCCC(=O)Nc1ccc(F)c(N2CCCS2(=O)=O)c1. The summed E-state index contributed by atoms with van der Waals surface area (Å²) in [5, 5.41) is 5.61. The predicted molar refractivity (Wildman–Crippen MR) is 83.9 cm³/mol. The molecule has 1 saturated heterocycles. The van der Waals surface area contributed by atoms with E-state index in [1.54, 1.807) is 7.05 Å². The lowest BCUT2D eigenvalue weighted by molar-refractivity contribution is -0.116. The number of hydrogen-bond acceptors (Lipinski definition) is 4. The molecule has 0 spiro atoms. The van der Waals surface area contributed by atoms with E-state index in [9.17, 15) is 17.6 Å². The van der Waals surface area contributed by atoms with Crippen LogP contribution in [0.3, 0.4) is 0 Å². The van der Waals surface area contributed by atoms with E-state index >= 15 is 0 Å². The maximum atomic E-state index is 13.9. The van der Waals surface area contributed by atoms with Crippen LogP contribution in [-0.4, -0.2) is 40.2 Å². The van der Waals surface area contributed by atoms with E-state index in [2.05, 4.69) is 10.6 Å². The quantitative estimate of drug-likeness (QED) is 0.771. The minimum Gasteiger partial charge on any atom is -0.326 e. The molecular formula is C14H20FN3O3S. The molecule has 1 aliphatic rings. The lowest BCUT2D eigenvalue weighted by atomic mass is 10.2. The molecule has 1 aromatic carbocycles. The molecule has 0 bridgehead atoms. The Balaban J connectivity index is 2.12. The van der Waals surface area contributed by atoms with Crippen molar-refractivity contribution in [2.24, 2.45) is 0 Å². The highest BCUT2D eigenvalue weighted by Crippen LogP contribution is 2.29. The largest absolute Gasteiger partial charge is 0.326 e. The standard InChI is InChI=1S/C14H20FN3O3S/c1-16-7-2-4-14(19)17-11-5-6-12(15)13(10-11)18-8-3-9-22(18,20)21/h5-6,10,16H,2-4,7-9H2,1H3,(H,17,19). The molecule has 0 saturated carbocycles. The molecule has 0 aliphatic carbocycles. The molecule has 0 unspecified atom stereocenters. The van der Waals surface area contributed by atoms with E-state index in [1.165, 1.54) is 18.2 Å². The third-order valence-electron chi connectivity index (χ3n) is 3.43. The summed E-state index contributed by atoms with van der Waals surface area (Å²) in [6, 6.07) is 3.97. The monoisotopic (exact) mass is 329 g/mol. The van der Waals surface area contributed by atoms with Gasteiger partial charge in [-0.25, -0.2) is 12.8 Å². The number of rotatable bonds is 6. The highest BCUT2D eigenvalue weighted by Gasteiger charge is 2.30. The Bertz CT molecular complexity index is 649. The first-order valence-electron chi connectivity index (χ1n) is 7.18. The van der Waals surface area contributed by atoms with Gasteiger partial charge in [-0.2, -0.15) is 0 Å². The Labute approximate surface area is 129 Å². The maximum Gasteiger partial charge on any atom is 0.235 e. The highest BCUT2D eigenvalue weighted by atomic mass is 32.2. The van der Waals surface area contributed by atoms with Gasteiger partial charge in [0, 0.05) is 18.7 Å². The summed E-state index contributed by atoms with van der Waals surface area (Å²) in [6.45, 7) is 0.993. The molecule has 1 fully saturated rings. The number of hydrogen-bond donors (Lipinski definition) is 2. The Morgan fingerprint density at radius 3 is 2.82 bits per heavy atom. The van der Waals surface area contributed by atoms with Gasteiger partial charge in [-0.15, -0.1) is 0 Å². The fourth-order valence-electron chi connectivity index (χ4n) is 2.34. The number of halogens is 1. The van der Waals surface area contributed by atoms with Crippen LogP contribution >= 0.6 is 0 Å². The van der Waals surface area contributed by atoms with E-state index in [1.807, 2.05) is 0 Å². The number of amides is 1. The Hall–Kier alpha value is -1.67. The van der Waals surface area contributed by atoms with E-state index in [4.69, 9.17) is 0 Å². The molecule has 22 heavy (non-hydrogen) atoms. The number of anilines is 2. The third kappa shape index (κ3) is 3.95. The summed E-state index contributed by atoms with van der Waals surface area (Å²) in [7, 11) is -1.65. The number of nitrogens with one attached hydrogen (secondary N) is 2. The van der Waals surface area contributed by atoms with Crippen LogP contribution in [0.15, 0.2) is 18.2 Å². The van der Waals surface area contributed by atoms with Crippen molar-refractivity contribution in [3.63, 3.8) is 0 Å². The number of sulfonamides is 1. The van der Waals surface area contributed by atoms with Gasteiger partial charge in [0.15, 0.2) is 0 Å². The zero-order chi connectivity index (χ0) is 16.2. The third-order valence-corrected chi connectivity index (χ3v) is 5.28. The van der Waals surface area contributed by atoms with Crippen LogP contribution in [0.5, 0.6) is 0 Å². The fraction of sp³-hybridized carbons (Fsp3) is 0.500. The van der Waals surface area contributed by atoms with Gasteiger partial charge >= 0.3 is 0 Å². The van der Waals surface area contributed by atoms with Crippen LogP contribution in [0.1, 0.15) is 19.3 Å². The Kier molecular flexibility index (Phi) is 5.36. The number of carbonyl (C=O) groups is 1. The molecule has 1 aromatic rings. The maximum absolute atomic E-state index is 13.9. The van der Waals surface area contributed by atoms with Crippen LogP contribution in [0.2, 0.25) is 0 Å². The Morgan fingerprint density at radius 2 is 2.18 bits per heavy atom. The second-order valence-corrected chi connectivity index (χ2v) is 7.18. The smallest absolute Gasteiger partial charge is 0.235 e. The first-order chi connectivity index (χ1) is 10.4. The van der Waals surface area contributed by atoms with Gasteiger partial charge in [-0.3, -0.25) is 9.10 Å². The van der Waals surface area contributed by atoms with Crippen molar-refractivity contribution in [2.75, 3.05) is 35.5 Å². The Morgan fingerprint density at radius 1 is 1.41 bits per heavy atom. The van der Waals surface area contributed by atoms with Crippen molar-refractivity contribution in [2.45, 2.75) is 19.3 Å². The van der Waals surface area contributed by atoms with Crippen LogP contribution in [0, 0.1) is 5.82 Å². The van der Waals surface area contributed by atoms with E-state index < -0.39 is 15.8 Å². The molecule has 1 amide bonds. The van der Waals surface area contributed by atoms with Crippen molar-refractivity contribution in [3.8, 4) is 0 Å². The van der Waals surface area contributed by atoms with E-state index in [-0.39, 0.29) is 23.9 Å². The minimum absolute atomic E-state index is 0.00877. The number of nitrogens with zero attached hydrogens (tertiary/aromatic N) is 1. The normalized spacial score (nSPS) is 16.7. The summed E-state index contributed by atoms with van der Waals surface area (Å²) in [4.78, 5) is 11.8. The lowest BCUT2D eigenvalue weighted by Crippen LogP contribution is -2.26. The molecule has 8 heteroatoms. The molecule has 0 atom stereocenters. The van der Waals surface area contributed by atoms with Crippen LogP contribution in [-0.2, 0) is 14.8 Å². The average Bonchev–Trinajstić information content (AvgIpc) is 2.81. The number of carbonyl (C=O) groups excluding carboxylic acids is 1. The summed E-state index contributed by atoms with van der Waals surface area (Å²) in [5.41, 5.74) is 0.387.